The van der Waals surface area contributed by atoms with Crippen LogP contribution in [0.4, 0.5) is 0 Å². The summed E-state index contributed by atoms with van der Waals surface area (Å²) in [7, 11) is -3.63. The second-order valence-electron chi connectivity index (χ2n) is 7.01. The van der Waals surface area contributed by atoms with E-state index >= 15 is 0 Å². The number of ether oxygens (including phenoxy) is 1. The number of benzene rings is 1. The van der Waals surface area contributed by atoms with Crippen molar-refractivity contribution >= 4 is 39.0 Å². The molecule has 3 heterocycles. The van der Waals surface area contributed by atoms with Crippen LogP contribution >= 0.6 is 23.1 Å². The first-order valence-electron chi connectivity index (χ1n) is 9.91. The summed E-state index contributed by atoms with van der Waals surface area (Å²) < 4.78 is 38.0. The van der Waals surface area contributed by atoms with Crippen molar-refractivity contribution in [3.05, 3.63) is 46.7 Å². The fourth-order valence-corrected chi connectivity index (χ4v) is 5.89. The number of nitrogens with zero attached hydrogens (tertiary/aromatic N) is 3. The number of hydrogen-bond donors (Lipinski definition) is 1. The maximum atomic E-state index is 12.9. The number of thioether (sulfide) groups is 1. The maximum Gasteiger partial charge on any atom is 0.277 e. The molecule has 0 radical (unpaired) electrons. The Morgan fingerprint density at radius 1 is 1.25 bits per heavy atom. The third-order valence-corrected chi connectivity index (χ3v) is 8.54. The van der Waals surface area contributed by atoms with Crippen LogP contribution in [0.1, 0.15) is 17.8 Å². The molecule has 2 aromatic heterocycles. The standard InChI is InChI=1S/C20H22N4O5S3/c1-14(17-6-3-11-30-17)21-18(25)13-31-20-23-22-19(29-20)15-4-2-5-16(12-15)32(26,27)24-7-9-28-10-8-24/h2-6,11-12,14H,7-10,13H2,1H3,(H,21,25)/t14-/m0/s1. The van der Waals surface area contributed by atoms with Crippen LogP contribution in [0, 0.1) is 0 Å². The van der Waals surface area contributed by atoms with Crippen LogP contribution in [0.15, 0.2) is 56.3 Å². The van der Waals surface area contributed by atoms with E-state index in [1.54, 1.807) is 29.5 Å². The topological polar surface area (TPSA) is 115 Å². The van der Waals surface area contributed by atoms with Gasteiger partial charge in [-0.05, 0) is 36.6 Å². The first-order valence-corrected chi connectivity index (χ1v) is 13.2. The highest BCUT2D eigenvalue weighted by Gasteiger charge is 2.27. The Morgan fingerprint density at radius 2 is 2.06 bits per heavy atom. The van der Waals surface area contributed by atoms with Gasteiger partial charge in [-0.25, -0.2) is 8.42 Å². The van der Waals surface area contributed by atoms with Crippen LogP contribution in [-0.2, 0) is 19.6 Å². The van der Waals surface area contributed by atoms with Gasteiger partial charge in [0, 0.05) is 23.5 Å². The quantitative estimate of drug-likeness (QED) is 0.476. The predicted molar refractivity (Wildman–Crippen MR) is 121 cm³/mol. The van der Waals surface area contributed by atoms with Gasteiger partial charge in [-0.3, -0.25) is 4.79 Å². The fraction of sp³-hybridized carbons (Fsp3) is 0.350. The van der Waals surface area contributed by atoms with Gasteiger partial charge in [0.2, 0.25) is 21.8 Å². The number of carbonyl (C=O) groups excluding carboxylic acids is 1. The summed E-state index contributed by atoms with van der Waals surface area (Å²) in [4.78, 5) is 13.4. The van der Waals surface area contributed by atoms with Crippen molar-refractivity contribution in [1.82, 2.24) is 19.8 Å². The van der Waals surface area contributed by atoms with Crippen molar-refractivity contribution in [3.8, 4) is 11.5 Å². The number of hydrogen-bond acceptors (Lipinski definition) is 9. The predicted octanol–water partition coefficient (Wildman–Crippen LogP) is 2.79. The van der Waals surface area contributed by atoms with Gasteiger partial charge in [-0.1, -0.05) is 23.9 Å². The third kappa shape index (κ3) is 5.38. The van der Waals surface area contributed by atoms with Crippen molar-refractivity contribution in [2.75, 3.05) is 32.1 Å². The normalized spacial score (nSPS) is 16.0. The Morgan fingerprint density at radius 3 is 2.81 bits per heavy atom. The molecule has 0 unspecified atom stereocenters. The Hall–Kier alpha value is -2.25. The van der Waals surface area contributed by atoms with E-state index in [1.807, 2.05) is 24.4 Å². The Balaban J connectivity index is 1.39. The van der Waals surface area contributed by atoms with E-state index in [0.717, 1.165) is 16.6 Å². The summed E-state index contributed by atoms with van der Waals surface area (Å²) >= 11 is 2.71. The van der Waals surface area contributed by atoms with Gasteiger partial charge in [-0.2, -0.15) is 4.31 Å². The molecule has 0 aliphatic carbocycles. The number of nitrogens with one attached hydrogen (secondary N) is 1. The zero-order chi connectivity index (χ0) is 22.6. The van der Waals surface area contributed by atoms with E-state index in [0.29, 0.717) is 31.9 Å². The van der Waals surface area contributed by atoms with Crippen molar-refractivity contribution in [3.63, 3.8) is 0 Å². The van der Waals surface area contributed by atoms with Gasteiger partial charge in [0.05, 0.1) is 29.9 Å². The average Bonchev–Trinajstić information content (AvgIpc) is 3.51. The fourth-order valence-electron chi connectivity index (χ4n) is 3.13. The van der Waals surface area contributed by atoms with Gasteiger partial charge >= 0.3 is 0 Å². The van der Waals surface area contributed by atoms with Crippen molar-refractivity contribution < 1.29 is 22.4 Å². The highest BCUT2D eigenvalue weighted by Crippen LogP contribution is 2.27. The lowest BCUT2D eigenvalue weighted by molar-refractivity contribution is -0.119. The first-order chi connectivity index (χ1) is 15.4. The Kier molecular flexibility index (Phi) is 7.26. The van der Waals surface area contributed by atoms with Crippen LogP contribution in [0.25, 0.3) is 11.5 Å². The summed E-state index contributed by atoms with van der Waals surface area (Å²) in [5.41, 5.74) is 0.495. The molecule has 1 atom stereocenters. The molecule has 0 bridgehead atoms. The van der Waals surface area contributed by atoms with Crippen LogP contribution in [0.2, 0.25) is 0 Å². The molecule has 12 heteroatoms. The van der Waals surface area contributed by atoms with E-state index in [2.05, 4.69) is 15.5 Å². The zero-order valence-electron chi connectivity index (χ0n) is 17.3. The highest BCUT2D eigenvalue weighted by molar-refractivity contribution is 7.99. The number of morpholine rings is 1. The minimum atomic E-state index is -3.63. The molecule has 0 spiro atoms. The molecular weight excluding hydrogens is 472 g/mol. The molecule has 170 valence electrons. The number of carbonyl (C=O) groups is 1. The number of rotatable bonds is 8. The Bertz CT molecular complexity index is 1160. The van der Waals surface area contributed by atoms with Crippen LogP contribution < -0.4 is 5.32 Å². The smallest absolute Gasteiger partial charge is 0.277 e. The number of aromatic nitrogens is 2. The number of thiophene rings is 1. The summed E-state index contributed by atoms with van der Waals surface area (Å²) in [5, 5.41) is 13.1. The van der Waals surface area contributed by atoms with Crippen LogP contribution in [0.5, 0.6) is 0 Å². The van der Waals surface area contributed by atoms with E-state index in [1.165, 1.54) is 10.4 Å². The van der Waals surface area contributed by atoms with Gasteiger partial charge in [-0.15, -0.1) is 21.5 Å². The molecule has 1 aromatic carbocycles. The molecule has 1 N–H and O–H groups in total. The van der Waals surface area contributed by atoms with E-state index < -0.39 is 10.0 Å². The summed E-state index contributed by atoms with van der Waals surface area (Å²) in [6, 6.07) is 10.2. The van der Waals surface area contributed by atoms with Crippen LogP contribution in [0.3, 0.4) is 0 Å². The SMILES string of the molecule is C[C@H](NC(=O)CSc1nnc(-c2cccc(S(=O)(=O)N3CCOCC3)c2)o1)c1cccs1. The van der Waals surface area contributed by atoms with Crippen molar-refractivity contribution in [2.24, 2.45) is 0 Å². The minimum Gasteiger partial charge on any atom is -0.411 e. The maximum absolute atomic E-state index is 12.9. The van der Waals surface area contributed by atoms with Gasteiger partial charge in [0.15, 0.2) is 0 Å². The second-order valence-corrected chi connectivity index (χ2v) is 10.9. The molecule has 1 amide bonds. The Labute approximate surface area is 194 Å². The molecule has 9 nitrogen and oxygen atoms in total. The molecule has 4 rings (SSSR count). The summed E-state index contributed by atoms with van der Waals surface area (Å²) in [6.07, 6.45) is 0. The lowest BCUT2D eigenvalue weighted by Gasteiger charge is -2.26. The monoisotopic (exact) mass is 494 g/mol. The van der Waals surface area contributed by atoms with Crippen LogP contribution in [-0.4, -0.2) is 60.9 Å². The molecule has 1 fully saturated rings. The molecule has 0 saturated carbocycles. The molecule has 1 aliphatic rings. The minimum absolute atomic E-state index is 0.0718. The molecule has 1 aliphatic heterocycles. The van der Waals surface area contributed by atoms with Gasteiger partial charge in [0.1, 0.15) is 0 Å². The highest BCUT2D eigenvalue weighted by atomic mass is 32.2. The van der Waals surface area contributed by atoms with E-state index in [9.17, 15) is 13.2 Å². The summed E-state index contributed by atoms with van der Waals surface area (Å²) in [6.45, 7) is 3.32. The molecule has 32 heavy (non-hydrogen) atoms. The number of amides is 1. The van der Waals surface area contributed by atoms with Crippen molar-refractivity contribution in [1.29, 1.82) is 0 Å². The van der Waals surface area contributed by atoms with E-state index in [4.69, 9.17) is 9.15 Å². The number of sulfonamides is 1. The molecule has 3 aromatic rings. The lowest BCUT2D eigenvalue weighted by Crippen LogP contribution is -2.40. The van der Waals surface area contributed by atoms with Gasteiger partial charge in [0.25, 0.3) is 5.22 Å². The van der Waals surface area contributed by atoms with Crippen molar-refractivity contribution in [2.45, 2.75) is 23.1 Å². The first kappa shape index (κ1) is 22.9. The molecular formula is C20H22N4O5S3. The zero-order valence-corrected chi connectivity index (χ0v) is 19.7. The van der Waals surface area contributed by atoms with E-state index in [-0.39, 0.29) is 33.7 Å². The molecule has 1 saturated heterocycles. The lowest BCUT2D eigenvalue weighted by atomic mass is 10.2. The second kappa shape index (κ2) is 10.1. The summed E-state index contributed by atoms with van der Waals surface area (Å²) in [5.74, 6) is 0.177. The third-order valence-electron chi connectivity index (χ3n) is 4.77. The van der Waals surface area contributed by atoms with Gasteiger partial charge < -0.3 is 14.5 Å². The largest absolute Gasteiger partial charge is 0.411 e. The average molecular weight is 495 g/mol.